The topological polar surface area (TPSA) is 77.5 Å². The van der Waals surface area contributed by atoms with Crippen LogP contribution in [-0.4, -0.2) is 23.4 Å². The Morgan fingerprint density at radius 3 is 2.32 bits per heavy atom. The summed E-state index contributed by atoms with van der Waals surface area (Å²) in [5.74, 6) is -0.109. The van der Waals surface area contributed by atoms with Crippen molar-refractivity contribution in [2.45, 2.75) is 13.2 Å². The molecule has 6 nitrogen and oxygen atoms in total. The van der Waals surface area contributed by atoms with Crippen LogP contribution in [0.3, 0.4) is 0 Å². The number of hydrogen-bond donors (Lipinski definition) is 1. The maximum Gasteiger partial charge on any atom is 0.325 e. The molecule has 0 saturated carbocycles. The highest BCUT2D eigenvalue weighted by Gasteiger charge is 2.08. The smallest absolute Gasteiger partial charge is 0.325 e. The molecule has 1 aromatic heterocycles. The van der Waals surface area contributed by atoms with Crippen molar-refractivity contribution in [2.24, 2.45) is 0 Å². The van der Waals surface area contributed by atoms with E-state index in [1.54, 1.807) is 30.5 Å². The van der Waals surface area contributed by atoms with Crippen molar-refractivity contribution in [3.63, 3.8) is 0 Å². The van der Waals surface area contributed by atoms with Gasteiger partial charge in [-0.05, 0) is 42.0 Å². The summed E-state index contributed by atoms with van der Waals surface area (Å²) in [5.41, 5.74) is 2.17. The summed E-state index contributed by atoms with van der Waals surface area (Å²) >= 11 is 0. The number of pyridine rings is 1. The molecule has 1 N–H and O–H groups in total. The van der Waals surface area contributed by atoms with E-state index in [1.165, 1.54) is 0 Å². The first kappa shape index (κ1) is 19.1. The maximum absolute atomic E-state index is 11.9. The minimum atomic E-state index is -0.500. The van der Waals surface area contributed by atoms with E-state index >= 15 is 0 Å². The Labute approximate surface area is 163 Å². The number of nitrogens with zero attached hydrogens (tertiary/aromatic N) is 1. The summed E-state index contributed by atoms with van der Waals surface area (Å²) in [4.78, 5) is 27.9. The summed E-state index contributed by atoms with van der Waals surface area (Å²) in [5, 5.41) is 2.54. The molecule has 1 amide bonds. The van der Waals surface area contributed by atoms with Gasteiger partial charge < -0.3 is 14.8 Å². The van der Waals surface area contributed by atoms with Crippen molar-refractivity contribution in [2.75, 3.05) is 6.54 Å². The molecule has 0 aliphatic carbocycles. The van der Waals surface area contributed by atoms with E-state index in [1.807, 2.05) is 48.5 Å². The fourth-order valence-electron chi connectivity index (χ4n) is 2.38. The lowest BCUT2D eigenvalue weighted by atomic mass is 10.2. The van der Waals surface area contributed by atoms with Crippen LogP contribution in [0.2, 0.25) is 0 Å². The summed E-state index contributed by atoms with van der Waals surface area (Å²) in [7, 11) is 0. The third-order valence-electron chi connectivity index (χ3n) is 3.87. The lowest BCUT2D eigenvalue weighted by Crippen LogP contribution is -2.30. The summed E-state index contributed by atoms with van der Waals surface area (Å²) in [6.45, 7) is 0.329. The van der Waals surface area contributed by atoms with Crippen molar-refractivity contribution in [1.29, 1.82) is 0 Å². The quantitative estimate of drug-likeness (QED) is 0.611. The van der Waals surface area contributed by atoms with Gasteiger partial charge in [-0.2, -0.15) is 0 Å². The molecule has 0 saturated heterocycles. The zero-order chi connectivity index (χ0) is 19.6. The predicted molar refractivity (Wildman–Crippen MR) is 104 cm³/mol. The number of carbonyl (C=O) groups is 2. The lowest BCUT2D eigenvalue weighted by Gasteiger charge is -2.08. The molecule has 0 aliphatic rings. The van der Waals surface area contributed by atoms with Gasteiger partial charge >= 0.3 is 5.97 Å². The van der Waals surface area contributed by atoms with Crippen LogP contribution in [0.1, 0.15) is 21.6 Å². The number of amides is 1. The molecule has 28 heavy (non-hydrogen) atoms. The summed E-state index contributed by atoms with van der Waals surface area (Å²) < 4.78 is 10.8. The summed E-state index contributed by atoms with van der Waals surface area (Å²) in [6, 6.07) is 21.6. The number of hydrogen-bond acceptors (Lipinski definition) is 5. The van der Waals surface area contributed by atoms with Gasteiger partial charge in [-0.15, -0.1) is 0 Å². The zero-order valence-corrected chi connectivity index (χ0v) is 15.2. The molecular weight excluding hydrogens is 356 g/mol. The molecule has 0 atom stereocenters. The fraction of sp³-hybridized carbons (Fsp3) is 0.136. The summed E-state index contributed by atoms with van der Waals surface area (Å²) in [6.07, 6.45) is 1.72. The Kier molecular flexibility index (Phi) is 6.73. The Morgan fingerprint density at radius 1 is 0.857 bits per heavy atom. The second kappa shape index (κ2) is 9.87. The number of ether oxygens (including phenoxy) is 2. The van der Waals surface area contributed by atoms with Crippen LogP contribution in [0.25, 0.3) is 0 Å². The number of esters is 1. The van der Waals surface area contributed by atoms with Crippen molar-refractivity contribution in [1.82, 2.24) is 10.3 Å². The van der Waals surface area contributed by atoms with Crippen LogP contribution in [0.15, 0.2) is 79.0 Å². The number of nitrogens with one attached hydrogen (secondary N) is 1. The van der Waals surface area contributed by atoms with E-state index in [0.29, 0.717) is 17.9 Å². The highest BCUT2D eigenvalue weighted by molar-refractivity contribution is 5.95. The fourth-order valence-corrected chi connectivity index (χ4v) is 2.38. The molecule has 142 valence electrons. The average molecular weight is 376 g/mol. The van der Waals surface area contributed by atoms with Crippen LogP contribution < -0.4 is 10.1 Å². The van der Waals surface area contributed by atoms with Gasteiger partial charge in [0.25, 0.3) is 5.91 Å². The monoisotopic (exact) mass is 376 g/mol. The minimum Gasteiger partial charge on any atom is -0.487 e. The van der Waals surface area contributed by atoms with Gasteiger partial charge in [-0.25, -0.2) is 0 Å². The first-order chi connectivity index (χ1) is 13.7. The highest BCUT2D eigenvalue weighted by Crippen LogP contribution is 2.14. The van der Waals surface area contributed by atoms with Gasteiger partial charge in [0.2, 0.25) is 0 Å². The number of benzene rings is 2. The molecule has 2 aromatic carbocycles. The molecule has 3 aromatic rings. The number of rotatable bonds is 8. The van der Waals surface area contributed by atoms with Crippen LogP contribution in [0.4, 0.5) is 0 Å². The molecule has 0 radical (unpaired) electrons. The van der Waals surface area contributed by atoms with E-state index in [0.717, 1.165) is 11.3 Å². The van der Waals surface area contributed by atoms with Crippen molar-refractivity contribution >= 4 is 11.9 Å². The molecule has 0 bridgehead atoms. The number of aromatic nitrogens is 1. The minimum absolute atomic E-state index is 0.126. The highest BCUT2D eigenvalue weighted by atomic mass is 16.5. The second-order valence-electron chi connectivity index (χ2n) is 5.96. The molecule has 3 rings (SSSR count). The third kappa shape index (κ3) is 5.95. The second-order valence-corrected chi connectivity index (χ2v) is 5.96. The van der Waals surface area contributed by atoms with E-state index in [-0.39, 0.29) is 19.1 Å². The van der Waals surface area contributed by atoms with E-state index in [2.05, 4.69) is 10.3 Å². The van der Waals surface area contributed by atoms with Crippen molar-refractivity contribution < 1.29 is 19.1 Å². The molecule has 6 heteroatoms. The van der Waals surface area contributed by atoms with Gasteiger partial charge in [0.05, 0.1) is 5.69 Å². The van der Waals surface area contributed by atoms with E-state index < -0.39 is 5.97 Å². The normalized spacial score (nSPS) is 10.1. The van der Waals surface area contributed by atoms with E-state index in [9.17, 15) is 9.59 Å². The Bertz CT molecular complexity index is 897. The van der Waals surface area contributed by atoms with Crippen LogP contribution in [0, 0.1) is 0 Å². The van der Waals surface area contributed by atoms with Crippen LogP contribution in [0.5, 0.6) is 5.75 Å². The average Bonchev–Trinajstić information content (AvgIpc) is 2.76. The molecule has 1 heterocycles. The van der Waals surface area contributed by atoms with Crippen LogP contribution in [-0.2, 0) is 22.7 Å². The van der Waals surface area contributed by atoms with Gasteiger partial charge in [0.15, 0.2) is 0 Å². The number of carbonyl (C=O) groups excluding carboxylic acids is 2. The standard InChI is InChI=1S/C22H20N2O4/c25-21(14-24-22(26)18-6-2-1-3-7-18)28-15-17-9-11-20(12-10-17)27-16-19-8-4-5-13-23-19/h1-13H,14-16H2,(H,24,26). The van der Waals surface area contributed by atoms with Gasteiger partial charge in [-0.1, -0.05) is 36.4 Å². The maximum atomic E-state index is 11.9. The Hall–Kier alpha value is -3.67. The third-order valence-corrected chi connectivity index (χ3v) is 3.87. The molecule has 0 aliphatic heterocycles. The Morgan fingerprint density at radius 2 is 1.61 bits per heavy atom. The van der Waals surface area contributed by atoms with Gasteiger partial charge in [0, 0.05) is 11.8 Å². The molecule has 0 unspecified atom stereocenters. The van der Waals surface area contributed by atoms with Gasteiger partial charge in [-0.3, -0.25) is 14.6 Å². The van der Waals surface area contributed by atoms with E-state index in [4.69, 9.17) is 9.47 Å². The van der Waals surface area contributed by atoms with Crippen LogP contribution >= 0.6 is 0 Å². The SMILES string of the molecule is O=C(CNC(=O)c1ccccc1)OCc1ccc(OCc2ccccn2)cc1. The van der Waals surface area contributed by atoms with Gasteiger partial charge in [0.1, 0.15) is 25.5 Å². The lowest BCUT2D eigenvalue weighted by molar-refractivity contribution is -0.143. The first-order valence-corrected chi connectivity index (χ1v) is 8.81. The zero-order valence-electron chi connectivity index (χ0n) is 15.2. The molecule has 0 spiro atoms. The largest absolute Gasteiger partial charge is 0.487 e. The molecular formula is C22H20N2O4. The Balaban J connectivity index is 1.39. The predicted octanol–water partition coefficient (Wildman–Crippen LogP) is 3.13. The molecule has 0 fully saturated rings. The first-order valence-electron chi connectivity index (χ1n) is 8.81. The van der Waals surface area contributed by atoms with Crippen molar-refractivity contribution in [3.8, 4) is 5.75 Å². The van der Waals surface area contributed by atoms with Crippen molar-refractivity contribution in [3.05, 3.63) is 95.8 Å².